The quantitative estimate of drug-likeness (QED) is 0.468. The van der Waals surface area contributed by atoms with Crippen molar-refractivity contribution in [1.29, 1.82) is 5.26 Å². The molecule has 0 radical (unpaired) electrons. The standard InChI is InChI=1S/C29H35NO2/c1-28-15-13-22(31)17-21(28)8-9-23-24-10-11-26(29(24,2)16-14-25(23)28)27(32)12-7-19-3-5-20(18-30)6-4-19/h3-8,12,22-26,31H,9-11,13-17H2,1-2H3/b12-7+/t22-,23-,24-,25-,26+,28-,29-/m0/s1. The van der Waals surface area contributed by atoms with Crippen LogP contribution in [0.1, 0.15) is 76.3 Å². The first-order valence-electron chi connectivity index (χ1n) is 12.4. The van der Waals surface area contributed by atoms with Crippen molar-refractivity contribution in [3.63, 3.8) is 0 Å². The van der Waals surface area contributed by atoms with E-state index in [1.54, 1.807) is 18.2 Å². The third kappa shape index (κ3) is 3.39. The highest BCUT2D eigenvalue weighted by molar-refractivity contribution is 5.96. The average Bonchev–Trinajstić information content (AvgIpc) is 3.15. The summed E-state index contributed by atoms with van der Waals surface area (Å²) >= 11 is 0. The highest BCUT2D eigenvalue weighted by Crippen LogP contribution is 2.66. The van der Waals surface area contributed by atoms with E-state index in [9.17, 15) is 9.90 Å². The van der Waals surface area contributed by atoms with Crippen LogP contribution in [-0.2, 0) is 4.79 Å². The van der Waals surface area contributed by atoms with Gasteiger partial charge in [-0.15, -0.1) is 0 Å². The second-order valence-corrected chi connectivity index (χ2v) is 11.3. The predicted octanol–water partition coefficient (Wildman–Crippen LogP) is 6.08. The summed E-state index contributed by atoms with van der Waals surface area (Å²) < 4.78 is 0. The van der Waals surface area contributed by atoms with E-state index in [0.29, 0.717) is 23.3 Å². The maximum atomic E-state index is 13.3. The van der Waals surface area contributed by atoms with Crippen molar-refractivity contribution in [3.8, 4) is 6.07 Å². The molecule has 0 unspecified atom stereocenters. The highest BCUT2D eigenvalue weighted by Gasteiger charge is 2.59. The molecule has 4 aliphatic rings. The summed E-state index contributed by atoms with van der Waals surface area (Å²) in [5.74, 6) is 2.40. The molecule has 1 aromatic rings. The molecule has 0 aromatic heterocycles. The molecule has 4 aliphatic carbocycles. The summed E-state index contributed by atoms with van der Waals surface area (Å²) in [5.41, 5.74) is 3.47. The number of carbonyl (C=O) groups is 1. The minimum Gasteiger partial charge on any atom is -0.393 e. The van der Waals surface area contributed by atoms with Gasteiger partial charge in [0.1, 0.15) is 0 Å². The van der Waals surface area contributed by atoms with E-state index in [1.165, 1.54) is 18.4 Å². The number of hydrogen-bond acceptors (Lipinski definition) is 3. The molecular weight excluding hydrogens is 394 g/mol. The van der Waals surface area contributed by atoms with Crippen LogP contribution >= 0.6 is 0 Å². The number of benzene rings is 1. The topological polar surface area (TPSA) is 61.1 Å². The van der Waals surface area contributed by atoms with Gasteiger partial charge in [-0.2, -0.15) is 5.26 Å². The second kappa shape index (κ2) is 7.99. The van der Waals surface area contributed by atoms with E-state index in [2.05, 4.69) is 26.0 Å². The van der Waals surface area contributed by atoms with Crippen LogP contribution in [0.25, 0.3) is 6.08 Å². The number of nitriles is 1. The van der Waals surface area contributed by atoms with Gasteiger partial charge in [-0.1, -0.05) is 43.7 Å². The van der Waals surface area contributed by atoms with Gasteiger partial charge in [0.25, 0.3) is 0 Å². The molecule has 0 bridgehead atoms. The molecule has 3 nitrogen and oxygen atoms in total. The molecule has 5 rings (SSSR count). The van der Waals surface area contributed by atoms with Crippen molar-refractivity contribution in [3.05, 3.63) is 53.1 Å². The van der Waals surface area contributed by atoms with Gasteiger partial charge < -0.3 is 5.11 Å². The normalized spacial score (nSPS) is 40.7. The number of nitrogens with zero attached hydrogens (tertiary/aromatic N) is 1. The summed E-state index contributed by atoms with van der Waals surface area (Å²) in [7, 11) is 0. The van der Waals surface area contributed by atoms with Gasteiger partial charge in [-0.25, -0.2) is 0 Å². The minimum absolute atomic E-state index is 0.100. The maximum Gasteiger partial charge on any atom is 0.159 e. The van der Waals surface area contributed by atoms with E-state index in [-0.39, 0.29) is 28.6 Å². The number of rotatable bonds is 3. The lowest BCUT2D eigenvalue weighted by molar-refractivity contribution is -0.124. The van der Waals surface area contributed by atoms with Gasteiger partial charge >= 0.3 is 0 Å². The SMILES string of the molecule is C[C@]12CC[C@H]3[C@@H](CC=C4C[C@@H](O)CC[C@@]43C)[C@@H]1CC[C@@H]2C(=O)/C=C/c1ccc(C#N)cc1. The van der Waals surface area contributed by atoms with Crippen molar-refractivity contribution in [2.45, 2.75) is 71.3 Å². The Morgan fingerprint density at radius 1 is 1.09 bits per heavy atom. The second-order valence-electron chi connectivity index (χ2n) is 11.3. The Labute approximate surface area is 192 Å². The molecule has 3 saturated carbocycles. The van der Waals surface area contributed by atoms with Crippen LogP contribution in [0.4, 0.5) is 0 Å². The Hall–Kier alpha value is -2.18. The minimum atomic E-state index is -0.156. The summed E-state index contributed by atoms with van der Waals surface area (Å²) in [5, 5.41) is 19.2. The first-order valence-corrected chi connectivity index (χ1v) is 12.4. The third-order valence-electron chi connectivity index (χ3n) is 9.90. The van der Waals surface area contributed by atoms with Crippen LogP contribution in [0, 0.1) is 45.8 Å². The van der Waals surface area contributed by atoms with Crippen LogP contribution in [0.5, 0.6) is 0 Å². The number of ketones is 1. The van der Waals surface area contributed by atoms with Crippen LogP contribution in [-0.4, -0.2) is 17.0 Å². The number of aliphatic hydroxyl groups is 1. The van der Waals surface area contributed by atoms with Gasteiger partial charge in [0, 0.05) is 5.92 Å². The fourth-order valence-corrected chi connectivity index (χ4v) is 8.07. The molecule has 32 heavy (non-hydrogen) atoms. The highest BCUT2D eigenvalue weighted by atomic mass is 16.3. The summed E-state index contributed by atoms with van der Waals surface area (Å²) in [6.07, 6.45) is 14.6. The number of hydrogen-bond donors (Lipinski definition) is 1. The number of fused-ring (bicyclic) bond motifs is 5. The van der Waals surface area contributed by atoms with Crippen molar-refractivity contribution in [1.82, 2.24) is 0 Å². The van der Waals surface area contributed by atoms with E-state index in [4.69, 9.17) is 5.26 Å². The largest absolute Gasteiger partial charge is 0.393 e. The molecule has 7 atom stereocenters. The zero-order valence-corrected chi connectivity index (χ0v) is 19.4. The van der Waals surface area contributed by atoms with Crippen molar-refractivity contribution < 1.29 is 9.90 Å². The fraction of sp³-hybridized carbons (Fsp3) is 0.586. The molecule has 3 fully saturated rings. The zero-order chi connectivity index (χ0) is 22.5. The van der Waals surface area contributed by atoms with Gasteiger partial charge in [-0.05, 0) is 104 Å². The van der Waals surface area contributed by atoms with Crippen LogP contribution < -0.4 is 0 Å². The molecule has 1 aromatic carbocycles. The first kappa shape index (κ1) is 21.7. The lowest BCUT2D eigenvalue weighted by Crippen LogP contribution is -2.50. The Morgan fingerprint density at radius 3 is 2.62 bits per heavy atom. The number of allylic oxidation sites excluding steroid dienone is 2. The van der Waals surface area contributed by atoms with Gasteiger partial charge in [0.2, 0.25) is 0 Å². The molecule has 1 N–H and O–H groups in total. The molecule has 168 valence electrons. The lowest BCUT2D eigenvalue weighted by atomic mass is 9.47. The monoisotopic (exact) mass is 429 g/mol. The summed E-state index contributed by atoms with van der Waals surface area (Å²) in [6.45, 7) is 4.85. The predicted molar refractivity (Wildman–Crippen MR) is 126 cm³/mol. The van der Waals surface area contributed by atoms with E-state index < -0.39 is 0 Å². The van der Waals surface area contributed by atoms with E-state index >= 15 is 0 Å². The molecule has 3 heteroatoms. The van der Waals surface area contributed by atoms with Crippen LogP contribution in [0.15, 0.2) is 42.0 Å². The van der Waals surface area contributed by atoms with Gasteiger partial charge in [0.05, 0.1) is 17.7 Å². The van der Waals surface area contributed by atoms with Crippen molar-refractivity contribution in [2.24, 2.45) is 34.5 Å². The van der Waals surface area contributed by atoms with Gasteiger partial charge in [-0.3, -0.25) is 4.79 Å². The lowest BCUT2D eigenvalue weighted by Gasteiger charge is -2.57. The Kier molecular flexibility index (Phi) is 5.41. The van der Waals surface area contributed by atoms with Crippen molar-refractivity contribution >= 4 is 11.9 Å². The van der Waals surface area contributed by atoms with Crippen molar-refractivity contribution in [2.75, 3.05) is 0 Å². The van der Waals surface area contributed by atoms with Gasteiger partial charge in [0.15, 0.2) is 5.78 Å². The number of carbonyl (C=O) groups excluding carboxylic acids is 1. The molecule has 0 amide bonds. The van der Waals surface area contributed by atoms with Crippen LogP contribution in [0.3, 0.4) is 0 Å². The van der Waals surface area contributed by atoms with Crippen LogP contribution in [0.2, 0.25) is 0 Å². The smallest absolute Gasteiger partial charge is 0.159 e. The summed E-state index contributed by atoms with van der Waals surface area (Å²) in [6, 6.07) is 9.54. The fourth-order valence-electron chi connectivity index (χ4n) is 8.07. The number of aliphatic hydroxyl groups excluding tert-OH is 1. The molecule has 0 aliphatic heterocycles. The Balaban J connectivity index is 1.34. The maximum absolute atomic E-state index is 13.3. The Bertz CT molecular complexity index is 999. The molecular formula is C29H35NO2. The summed E-state index contributed by atoms with van der Waals surface area (Å²) in [4.78, 5) is 13.3. The van der Waals surface area contributed by atoms with E-state index in [0.717, 1.165) is 44.1 Å². The molecule has 0 saturated heterocycles. The molecule has 0 heterocycles. The zero-order valence-electron chi connectivity index (χ0n) is 19.4. The molecule has 0 spiro atoms. The Morgan fingerprint density at radius 2 is 1.88 bits per heavy atom. The van der Waals surface area contributed by atoms with E-state index in [1.807, 2.05) is 18.2 Å². The first-order chi connectivity index (χ1) is 15.3. The third-order valence-corrected chi connectivity index (χ3v) is 9.90. The average molecular weight is 430 g/mol.